The molecule has 0 amide bonds. The summed E-state index contributed by atoms with van der Waals surface area (Å²) < 4.78 is 17.2. The van der Waals surface area contributed by atoms with Crippen molar-refractivity contribution in [2.75, 3.05) is 20.3 Å². The lowest BCUT2D eigenvalue weighted by molar-refractivity contribution is -0.375. The third-order valence-electron chi connectivity index (χ3n) is 14.6. The molecule has 0 aromatic rings. The van der Waals surface area contributed by atoms with Crippen molar-refractivity contribution in [2.45, 2.75) is 76.8 Å². The van der Waals surface area contributed by atoms with Gasteiger partial charge in [0.1, 0.15) is 23.9 Å². The summed E-state index contributed by atoms with van der Waals surface area (Å²) >= 11 is 0. The Hall–Kier alpha value is -3.16. The molecule has 4 N–H and O–H groups in total. The van der Waals surface area contributed by atoms with E-state index < -0.39 is 81.8 Å². The van der Waals surface area contributed by atoms with Crippen LogP contribution in [0.25, 0.3) is 0 Å². The van der Waals surface area contributed by atoms with Crippen molar-refractivity contribution < 1.29 is 58.9 Å². The van der Waals surface area contributed by atoms with Gasteiger partial charge in [-0.3, -0.25) is 10.1 Å². The predicted molar refractivity (Wildman–Crippen MR) is 163 cm³/mol. The molecule has 13 atom stereocenters. The number of allylic oxidation sites excluding steroid dienone is 1. The van der Waals surface area contributed by atoms with Gasteiger partial charge < -0.3 is 29.5 Å². The van der Waals surface area contributed by atoms with Crippen LogP contribution in [0.1, 0.15) is 53.9 Å². The van der Waals surface area contributed by atoms with Crippen LogP contribution < -0.4 is 0 Å². The van der Waals surface area contributed by atoms with Gasteiger partial charge in [-0.1, -0.05) is 26.0 Å². The number of hydrogen-bond donors (Lipinski definition) is 4. The summed E-state index contributed by atoms with van der Waals surface area (Å²) in [4.78, 5) is 60.0. The molecule has 1 aliphatic heterocycles. The van der Waals surface area contributed by atoms with Crippen molar-refractivity contribution in [3.05, 3.63) is 45.6 Å². The Bertz CT molecular complexity index is 1740. The van der Waals surface area contributed by atoms with Gasteiger partial charge >= 0.3 is 17.9 Å². The van der Waals surface area contributed by atoms with Crippen LogP contribution >= 0.6 is 0 Å². The molecule has 0 unspecified atom stereocenters. The molecule has 0 aromatic carbocycles. The lowest BCUT2D eigenvalue weighted by atomic mass is 9.40. The number of aliphatic hydroxyl groups is 3. The molecular formula is C36H42O12. The number of carbonyl (C=O) groups excluding carboxylic acids is 4. The quantitative estimate of drug-likeness (QED) is 0.0808. The minimum Gasteiger partial charge on any atom is -0.466 e. The molecule has 8 rings (SSSR count). The third-order valence-corrected chi connectivity index (χ3v) is 14.6. The highest BCUT2D eigenvalue weighted by Crippen LogP contribution is 2.84. The molecule has 12 nitrogen and oxygen atoms in total. The fourth-order valence-corrected chi connectivity index (χ4v) is 12.2. The number of methoxy groups -OCH3 is 1. The highest BCUT2D eigenvalue weighted by atomic mass is 17.1. The fraction of sp³-hybridized carbons (Fsp3) is 0.667. The summed E-state index contributed by atoms with van der Waals surface area (Å²) in [6, 6.07) is 0. The number of ketones is 1. The fourth-order valence-electron chi connectivity index (χ4n) is 12.2. The molecule has 0 aromatic heterocycles. The van der Waals surface area contributed by atoms with Gasteiger partial charge in [-0.15, -0.1) is 0 Å². The normalized spacial score (nSPS) is 49.9. The zero-order chi connectivity index (χ0) is 34.7. The molecule has 0 saturated heterocycles. The number of esters is 3. The topological polar surface area (TPSA) is 186 Å². The van der Waals surface area contributed by atoms with Gasteiger partial charge in [-0.2, -0.15) is 0 Å². The molecule has 12 heteroatoms. The highest BCUT2D eigenvalue weighted by molar-refractivity contribution is 6.09. The molecule has 7 aliphatic carbocycles. The minimum absolute atomic E-state index is 0.0322. The van der Waals surface area contributed by atoms with Crippen molar-refractivity contribution >= 4 is 23.7 Å². The Kier molecular flexibility index (Phi) is 6.37. The Labute approximate surface area is 277 Å². The predicted octanol–water partition coefficient (Wildman–Crippen LogP) is 1.98. The Morgan fingerprint density at radius 3 is 2.44 bits per heavy atom. The lowest BCUT2D eigenvalue weighted by Crippen LogP contribution is -2.76. The maximum absolute atomic E-state index is 14.5. The zero-order valence-corrected chi connectivity index (χ0v) is 27.9. The van der Waals surface area contributed by atoms with Crippen molar-refractivity contribution in [3.8, 4) is 0 Å². The first kappa shape index (κ1) is 32.1. The smallest absolute Gasteiger partial charge is 0.337 e. The van der Waals surface area contributed by atoms with Crippen LogP contribution in [0.15, 0.2) is 45.6 Å². The second kappa shape index (κ2) is 9.54. The zero-order valence-electron chi connectivity index (χ0n) is 27.9. The largest absolute Gasteiger partial charge is 0.466 e. The van der Waals surface area contributed by atoms with Gasteiger partial charge in [-0.05, 0) is 80.3 Å². The molecular weight excluding hydrogens is 624 g/mol. The number of hydrogen-bond acceptors (Lipinski definition) is 12. The van der Waals surface area contributed by atoms with Gasteiger partial charge in [0, 0.05) is 34.0 Å². The van der Waals surface area contributed by atoms with Gasteiger partial charge in [0.2, 0.25) is 0 Å². The minimum atomic E-state index is -1.77. The van der Waals surface area contributed by atoms with Crippen LogP contribution in [0.5, 0.6) is 0 Å². The van der Waals surface area contributed by atoms with Gasteiger partial charge in [-0.25, -0.2) is 19.3 Å². The Balaban J connectivity index is 1.41. The first-order valence-corrected chi connectivity index (χ1v) is 16.8. The lowest BCUT2D eigenvalue weighted by Gasteiger charge is -2.66. The Morgan fingerprint density at radius 1 is 1.10 bits per heavy atom. The maximum Gasteiger partial charge on any atom is 0.337 e. The molecule has 0 radical (unpaired) electrons. The molecule has 1 spiro atoms. The molecule has 6 saturated carbocycles. The van der Waals surface area contributed by atoms with Crippen molar-refractivity contribution in [2.24, 2.45) is 52.3 Å². The summed E-state index contributed by atoms with van der Waals surface area (Å²) in [6.07, 6.45) is 3.26. The van der Waals surface area contributed by atoms with E-state index in [2.05, 4.69) is 0 Å². The van der Waals surface area contributed by atoms with Gasteiger partial charge in [0.15, 0.2) is 11.4 Å². The van der Waals surface area contributed by atoms with Gasteiger partial charge in [0.25, 0.3) is 0 Å². The number of ether oxygens (including phenoxy) is 3. The van der Waals surface area contributed by atoms with E-state index >= 15 is 0 Å². The number of carbonyl (C=O) groups is 4. The number of Topliss-reactive ketones (excluding diaryl/α,β-unsaturated/α-hetero) is 1. The van der Waals surface area contributed by atoms with E-state index in [1.807, 2.05) is 13.0 Å². The van der Waals surface area contributed by atoms with Crippen molar-refractivity contribution in [3.63, 3.8) is 0 Å². The summed E-state index contributed by atoms with van der Waals surface area (Å²) in [5, 5.41) is 46.1. The van der Waals surface area contributed by atoms with Gasteiger partial charge in [0.05, 0.1) is 25.2 Å². The SMILES string of the molecule is C/C=C(\C)C(=O)OC[C@]1(O)[C@H]2C[C@H]2[C@]2(C)[C@@H]3C=C4[C@H]5C[C@H]5[C@]5(C)[C@@H](O)C(=O)/C(=C(/C)C(=O)OC)[C@H]([C@@]36OC(=O)C(CO)=C6C[C@@H]12)[C@]45OO. The molecule has 1 heterocycles. The summed E-state index contributed by atoms with van der Waals surface area (Å²) in [5.41, 5.74) is -6.01. The second-order valence-electron chi connectivity index (χ2n) is 15.8. The summed E-state index contributed by atoms with van der Waals surface area (Å²) in [5.74, 6) is -6.22. The maximum atomic E-state index is 14.5. The Morgan fingerprint density at radius 2 is 1.81 bits per heavy atom. The molecule has 6 fully saturated rings. The van der Waals surface area contributed by atoms with Crippen LogP contribution in [0.3, 0.4) is 0 Å². The molecule has 48 heavy (non-hydrogen) atoms. The monoisotopic (exact) mass is 666 g/mol. The molecule has 258 valence electrons. The van der Waals surface area contributed by atoms with Crippen LogP contribution in [0, 0.1) is 52.3 Å². The molecule has 8 aliphatic rings. The van der Waals surface area contributed by atoms with Crippen LogP contribution in [-0.4, -0.2) is 87.5 Å². The van der Waals surface area contributed by atoms with E-state index in [0.717, 1.165) is 0 Å². The number of rotatable bonds is 6. The standard InChI is InChI=1S/C36H42O12/c1-7-14(2)29(40)46-13-34(43)22-9-21(22)32(4)23(34)10-19-17(12-37)31(42)47-35(19)24(32)11-20-16-8-18(16)33(5)28(39)26(38)25(15(3)30(41)45-6)27(35)36(20,33)48-44/h7,11,16,18,21-24,27-28,37,39,43-44H,8-10,12-13H2,1-6H3/b14-7+,25-15+/t16-,18+,21+,22-,23+,24-,27+,28-,32-,33+,34-,35-,36+/m0/s1. The van der Waals surface area contributed by atoms with E-state index in [9.17, 15) is 39.8 Å². The van der Waals surface area contributed by atoms with Crippen molar-refractivity contribution in [1.82, 2.24) is 0 Å². The highest BCUT2D eigenvalue weighted by Gasteiger charge is 2.89. The van der Waals surface area contributed by atoms with E-state index in [1.165, 1.54) is 14.0 Å². The van der Waals surface area contributed by atoms with E-state index in [1.54, 1.807) is 26.8 Å². The molecule has 0 bridgehead atoms. The number of aliphatic hydroxyl groups excluding tert-OH is 2. The summed E-state index contributed by atoms with van der Waals surface area (Å²) in [7, 11) is 1.17. The van der Waals surface area contributed by atoms with E-state index in [0.29, 0.717) is 29.6 Å². The average molecular weight is 667 g/mol. The third kappa shape index (κ3) is 3.17. The first-order chi connectivity index (χ1) is 22.6. The number of fused-ring (bicyclic) bond motifs is 7. The van der Waals surface area contributed by atoms with E-state index in [4.69, 9.17) is 19.1 Å². The average Bonchev–Trinajstić information content (AvgIpc) is 3.99. The summed E-state index contributed by atoms with van der Waals surface area (Å²) in [6.45, 7) is 7.54. The van der Waals surface area contributed by atoms with Crippen LogP contribution in [-0.2, 0) is 38.3 Å². The van der Waals surface area contributed by atoms with Crippen LogP contribution in [0.4, 0.5) is 0 Å². The second-order valence-corrected chi connectivity index (χ2v) is 15.8. The van der Waals surface area contributed by atoms with E-state index in [-0.39, 0.29) is 53.4 Å². The van der Waals surface area contributed by atoms with Crippen molar-refractivity contribution in [1.29, 1.82) is 0 Å². The first-order valence-electron chi connectivity index (χ1n) is 16.8. The van der Waals surface area contributed by atoms with Crippen LogP contribution in [0.2, 0.25) is 0 Å².